The zero-order valence-corrected chi connectivity index (χ0v) is 16.6. The van der Waals surface area contributed by atoms with E-state index in [0.717, 1.165) is 17.0 Å². The number of hydrogen-bond acceptors (Lipinski definition) is 6. The molecule has 0 N–H and O–H groups in total. The molecule has 2 heterocycles. The van der Waals surface area contributed by atoms with Crippen LogP contribution in [0.3, 0.4) is 0 Å². The summed E-state index contributed by atoms with van der Waals surface area (Å²) in [6.45, 7) is 4.66. The summed E-state index contributed by atoms with van der Waals surface area (Å²) >= 11 is 0. The van der Waals surface area contributed by atoms with Gasteiger partial charge >= 0.3 is 21.8 Å². The zero-order valence-electron chi connectivity index (χ0n) is 15.8. The summed E-state index contributed by atoms with van der Waals surface area (Å²) in [4.78, 5) is 4.81. The van der Waals surface area contributed by atoms with Crippen LogP contribution in [0.2, 0.25) is 0 Å². The average molecular weight is 450 g/mol. The van der Waals surface area contributed by atoms with Gasteiger partial charge in [-0.15, -0.1) is 0 Å². The molecular formula is C16H20F6N2O4S. The van der Waals surface area contributed by atoms with Crippen molar-refractivity contribution in [2.24, 2.45) is 0 Å². The monoisotopic (exact) mass is 450 g/mol. The van der Waals surface area contributed by atoms with E-state index in [1.54, 1.807) is 20.8 Å². The molecule has 0 spiro atoms. The molecule has 0 bridgehead atoms. The molecule has 2 rings (SSSR count). The lowest BCUT2D eigenvalue weighted by molar-refractivity contribution is -0.152. The first-order valence-electron chi connectivity index (χ1n) is 8.55. The lowest BCUT2D eigenvalue weighted by Crippen LogP contribution is -2.49. The number of nitrogens with zero attached hydrogens (tertiary/aromatic N) is 2. The summed E-state index contributed by atoms with van der Waals surface area (Å²) in [5, 5.41) is 0. The fourth-order valence-corrected chi connectivity index (χ4v) is 3.19. The number of ether oxygens (including phenoxy) is 1. The number of anilines is 1. The third-order valence-corrected chi connectivity index (χ3v) is 4.82. The molecule has 1 atom stereocenters. The molecule has 1 aliphatic rings. The fourth-order valence-electron chi connectivity index (χ4n) is 2.75. The van der Waals surface area contributed by atoms with E-state index in [9.17, 15) is 34.8 Å². The predicted octanol–water partition coefficient (Wildman–Crippen LogP) is 4.41. The Labute approximate surface area is 163 Å². The number of aromatic nitrogens is 1. The van der Waals surface area contributed by atoms with E-state index >= 15 is 0 Å². The van der Waals surface area contributed by atoms with E-state index in [2.05, 4.69) is 9.17 Å². The Morgan fingerprint density at radius 3 is 2.21 bits per heavy atom. The van der Waals surface area contributed by atoms with Gasteiger partial charge in [-0.2, -0.15) is 39.7 Å². The Hall–Kier alpha value is -1.92. The fraction of sp³-hybridized carbons (Fsp3) is 0.688. The van der Waals surface area contributed by atoms with Crippen LogP contribution >= 0.6 is 0 Å². The molecule has 0 aromatic carbocycles. The quantitative estimate of drug-likeness (QED) is 0.385. The van der Waals surface area contributed by atoms with Crippen LogP contribution < -0.4 is 13.8 Å². The third kappa shape index (κ3) is 6.03. The molecule has 1 aromatic heterocycles. The Kier molecular flexibility index (Phi) is 6.22. The van der Waals surface area contributed by atoms with Gasteiger partial charge in [-0.25, -0.2) is 0 Å². The SMILES string of the molecule is CC(C)(C)Oc1cc(OS(=O)(=O)C(F)(F)F)cc(N2CCCCC2C(F)(F)F)n1. The van der Waals surface area contributed by atoms with E-state index in [1.165, 1.54) is 0 Å². The van der Waals surface area contributed by atoms with Gasteiger partial charge in [0.1, 0.15) is 17.5 Å². The highest BCUT2D eigenvalue weighted by Gasteiger charge is 2.49. The maximum Gasteiger partial charge on any atom is 0.534 e. The van der Waals surface area contributed by atoms with Crippen LogP contribution in [0.15, 0.2) is 12.1 Å². The Bertz CT molecular complexity index is 833. The lowest BCUT2D eigenvalue weighted by Gasteiger charge is -2.37. The summed E-state index contributed by atoms with van der Waals surface area (Å²) < 4.78 is 110. The van der Waals surface area contributed by atoms with E-state index < -0.39 is 39.2 Å². The highest BCUT2D eigenvalue weighted by molar-refractivity contribution is 7.88. The summed E-state index contributed by atoms with van der Waals surface area (Å²) in [5.74, 6) is -1.60. The van der Waals surface area contributed by atoms with Crippen molar-refractivity contribution in [3.8, 4) is 11.6 Å². The Morgan fingerprint density at radius 1 is 1.07 bits per heavy atom. The van der Waals surface area contributed by atoms with Gasteiger partial charge in [-0.3, -0.25) is 0 Å². The second-order valence-corrected chi connectivity index (χ2v) is 8.98. The minimum atomic E-state index is -6.02. The number of alkyl halides is 6. The van der Waals surface area contributed by atoms with Crippen LogP contribution in [0.5, 0.6) is 11.6 Å². The van der Waals surface area contributed by atoms with Crippen LogP contribution in [-0.2, 0) is 10.1 Å². The van der Waals surface area contributed by atoms with E-state index in [1.807, 2.05) is 0 Å². The molecule has 1 aromatic rings. The van der Waals surface area contributed by atoms with Crippen LogP contribution in [0.4, 0.5) is 32.2 Å². The standard InChI is InChI=1S/C16H20F6N2O4S/c1-14(2,3)27-13-9-10(28-29(25,26)16(20,21)22)8-12(23-13)24-7-5-4-6-11(24)15(17,18)19/h8-9,11H,4-7H2,1-3H3. The largest absolute Gasteiger partial charge is 0.534 e. The van der Waals surface area contributed by atoms with Gasteiger partial charge in [0.25, 0.3) is 0 Å². The molecule has 1 aliphatic heterocycles. The number of rotatable bonds is 4. The van der Waals surface area contributed by atoms with Crippen molar-refractivity contribution in [3.63, 3.8) is 0 Å². The van der Waals surface area contributed by atoms with Crippen LogP contribution in [0, 0.1) is 0 Å². The van der Waals surface area contributed by atoms with Crippen molar-refractivity contribution in [1.82, 2.24) is 4.98 Å². The lowest BCUT2D eigenvalue weighted by atomic mass is 10.0. The van der Waals surface area contributed by atoms with Crippen LogP contribution in [-0.4, -0.2) is 43.3 Å². The van der Waals surface area contributed by atoms with Gasteiger partial charge in [0.15, 0.2) is 5.75 Å². The normalized spacial score (nSPS) is 19.2. The highest BCUT2D eigenvalue weighted by atomic mass is 32.2. The van der Waals surface area contributed by atoms with Crippen molar-refractivity contribution in [2.45, 2.75) is 63.4 Å². The minimum absolute atomic E-state index is 0.0678. The van der Waals surface area contributed by atoms with Crippen molar-refractivity contribution in [1.29, 1.82) is 0 Å². The van der Waals surface area contributed by atoms with Gasteiger partial charge in [0, 0.05) is 18.7 Å². The van der Waals surface area contributed by atoms with Crippen molar-refractivity contribution in [3.05, 3.63) is 12.1 Å². The molecule has 1 fully saturated rings. The summed E-state index contributed by atoms with van der Waals surface area (Å²) in [7, 11) is -6.02. The van der Waals surface area contributed by atoms with Crippen LogP contribution in [0.1, 0.15) is 40.0 Å². The maximum atomic E-state index is 13.4. The first-order chi connectivity index (χ1) is 13.0. The van der Waals surface area contributed by atoms with Gasteiger partial charge in [-0.05, 0) is 40.0 Å². The second-order valence-electron chi connectivity index (χ2n) is 7.44. The van der Waals surface area contributed by atoms with Crippen molar-refractivity contribution < 1.29 is 43.7 Å². The average Bonchev–Trinajstić information content (AvgIpc) is 2.50. The smallest absolute Gasteiger partial charge is 0.472 e. The number of piperidine rings is 1. The van der Waals surface area contributed by atoms with Crippen molar-refractivity contribution in [2.75, 3.05) is 11.4 Å². The molecule has 0 amide bonds. The predicted molar refractivity (Wildman–Crippen MR) is 91.3 cm³/mol. The van der Waals surface area contributed by atoms with E-state index in [-0.39, 0.29) is 24.7 Å². The summed E-state index contributed by atoms with van der Waals surface area (Å²) in [5.41, 5.74) is -6.61. The van der Waals surface area contributed by atoms with Gasteiger partial charge in [0.2, 0.25) is 5.88 Å². The molecule has 1 unspecified atom stereocenters. The van der Waals surface area contributed by atoms with Crippen molar-refractivity contribution >= 4 is 15.9 Å². The highest BCUT2D eigenvalue weighted by Crippen LogP contribution is 2.37. The van der Waals surface area contributed by atoms with E-state index in [4.69, 9.17) is 4.74 Å². The first kappa shape index (κ1) is 23.4. The van der Waals surface area contributed by atoms with Crippen LogP contribution in [0.25, 0.3) is 0 Å². The third-order valence-electron chi connectivity index (χ3n) is 3.84. The summed E-state index contributed by atoms with van der Waals surface area (Å²) in [6, 6.07) is -0.409. The molecule has 0 saturated carbocycles. The molecule has 6 nitrogen and oxygen atoms in total. The number of halogens is 6. The molecule has 0 aliphatic carbocycles. The summed E-state index contributed by atoms with van der Waals surface area (Å²) in [6.07, 6.45) is -4.13. The minimum Gasteiger partial charge on any atom is -0.472 e. The molecule has 0 radical (unpaired) electrons. The van der Waals surface area contributed by atoms with Gasteiger partial charge in [-0.1, -0.05) is 0 Å². The zero-order chi connectivity index (χ0) is 22.3. The molecule has 29 heavy (non-hydrogen) atoms. The number of pyridine rings is 1. The Balaban J connectivity index is 2.52. The van der Waals surface area contributed by atoms with Gasteiger partial charge < -0.3 is 13.8 Å². The van der Waals surface area contributed by atoms with Gasteiger partial charge in [0.05, 0.1) is 0 Å². The van der Waals surface area contributed by atoms with E-state index in [0.29, 0.717) is 12.8 Å². The first-order valence-corrected chi connectivity index (χ1v) is 9.96. The second kappa shape index (κ2) is 7.73. The molecule has 13 heteroatoms. The topological polar surface area (TPSA) is 68.7 Å². The number of hydrogen-bond donors (Lipinski definition) is 0. The molecule has 166 valence electrons. The Morgan fingerprint density at radius 2 is 1.69 bits per heavy atom. The molecular weight excluding hydrogens is 430 g/mol. The maximum absolute atomic E-state index is 13.4. The molecule has 1 saturated heterocycles.